The molecule has 0 saturated carbocycles. The molecule has 2 aromatic carbocycles. The molecule has 0 atom stereocenters. The average molecular weight is 266 g/mol. The maximum Gasteiger partial charge on any atom is 0.276 e. The average Bonchev–Trinajstić information content (AvgIpc) is 2.79. The van der Waals surface area contributed by atoms with Gasteiger partial charge in [-0.25, -0.2) is 0 Å². The first kappa shape index (κ1) is 12.2. The van der Waals surface area contributed by atoms with Gasteiger partial charge in [0.05, 0.1) is 16.9 Å². The lowest BCUT2D eigenvalue weighted by Gasteiger charge is -2.06. The molecule has 0 unspecified atom stereocenters. The minimum Gasteiger partial charge on any atom is -0.397 e. The van der Waals surface area contributed by atoms with E-state index < -0.39 is 0 Å². The summed E-state index contributed by atoms with van der Waals surface area (Å²) in [5.41, 5.74) is 8.25. The van der Waals surface area contributed by atoms with Crippen molar-refractivity contribution in [3.05, 3.63) is 54.2 Å². The molecule has 100 valence electrons. The maximum absolute atomic E-state index is 12.4. The van der Waals surface area contributed by atoms with Crippen LogP contribution < -0.4 is 11.1 Å². The molecule has 1 heterocycles. The highest BCUT2D eigenvalue weighted by atomic mass is 16.2. The molecule has 1 aromatic heterocycles. The van der Waals surface area contributed by atoms with Crippen molar-refractivity contribution in [3.63, 3.8) is 0 Å². The number of aryl methyl sites for hydroxylation is 1. The summed E-state index contributed by atoms with van der Waals surface area (Å²) >= 11 is 0. The predicted octanol–water partition coefficient (Wildman–Crippen LogP) is 2.41. The van der Waals surface area contributed by atoms with Gasteiger partial charge >= 0.3 is 0 Å². The molecule has 0 aliphatic carbocycles. The van der Waals surface area contributed by atoms with E-state index in [-0.39, 0.29) is 5.91 Å². The standard InChI is InChI=1S/C15H14N4O/c1-19-13-9-5-2-6-10(13)14(18-19)15(20)17-12-8-4-3-7-11(12)16/h2-9H,16H2,1H3,(H,17,20). The number of benzene rings is 2. The third-order valence-corrected chi connectivity index (χ3v) is 3.18. The van der Waals surface area contributed by atoms with Crippen LogP contribution >= 0.6 is 0 Å². The van der Waals surface area contributed by atoms with E-state index >= 15 is 0 Å². The Balaban J connectivity index is 2.00. The molecule has 20 heavy (non-hydrogen) atoms. The molecule has 1 amide bonds. The summed E-state index contributed by atoms with van der Waals surface area (Å²) in [7, 11) is 1.82. The Labute approximate surface area is 116 Å². The Hall–Kier alpha value is -2.82. The van der Waals surface area contributed by atoms with Crippen molar-refractivity contribution in [2.24, 2.45) is 7.05 Å². The van der Waals surface area contributed by atoms with Gasteiger partial charge in [0.15, 0.2) is 5.69 Å². The quantitative estimate of drug-likeness (QED) is 0.699. The van der Waals surface area contributed by atoms with Crippen molar-refractivity contribution in [2.75, 3.05) is 11.1 Å². The van der Waals surface area contributed by atoms with Gasteiger partial charge in [0.2, 0.25) is 0 Å². The number of hydrogen-bond acceptors (Lipinski definition) is 3. The van der Waals surface area contributed by atoms with Crippen LogP contribution in [0.3, 0.4) is 0 Å². The number of hydrogen-bond donors (Lipinski definition) is 2. The molecule has 0 aliphatic rings. The summed E-state index contributed by atoms with van der Waals surface area (Å²) in [5.74, 6) is -0.264. The van der Waals surface area contributed by atoms with E-state index in [2.05, 4.69) is 10.4 Å². The van der Waals surface area contributed by atoms with Crippen LogP contribution in [-0.4, -0.2) is 15.7 Å². The molecule has 0 radical (unpaired) electrons. The lowest BCUT2D eigenvalue weighted by molar-refractivity contribution is 0.102. The van der Waals surface area contributed by atoms with E-state index in [9.17, 15) is 4.79 Å². The lowest BCUT2D eigenvalue weighted by Crippen LogP contribution is -2.14. The van der Waals surface area contributed by atoms with Crippen molar-refractivity contribution in [3.8, 4) is 0 Å². The molecule has 0 spiro atoms. The molecule has 0 saturated heterocycles. The Kier molecular flexibility index (Phi) is 2.87. The Morgan fingerprint density at radius 3 is 2.65 bits per heavy atom. The van der Waals surface area contributed by atoms with Gasteiger partial charge in [-0.05, 0) is 18.2 Å². The third kappa shape index (κ3) is 1.99. The SMILES string of the molecule is Cn1nc(C(=O)Nc2ccccc2N)c2ccccc21. The number of aromatic nitrogens is 2. The van der Waals surface area contributed by atoms with Crippen LogP contribution in [0.4, 0.5) is 11.4 Å². The summed E-state index contributed by atoms with van der Waals surface area (Å²) in [6.45, 7) is 0. The summed E-state index contributed by atoms with van der Waals surface area (Å²) < 4.78 is 1.69. The van der Waals surface area contributed by atoms with Crippen LogP contribution in [0.25, 0.3) is 10.9 Å². The molecule has 0 aliphatic heterocycles. The zero-order valence-corrected chi connectivity index (χ0v) is 11.0. The third-order valence-electron chi connectivity index (χ3n) is 3.18. The fourth-order valence-electron chi connectivity index (χ4n) is 2.17. The van der Waals surface area contributed by atoms with E-state index in [0.717, 1.165) is 10.9 Å². The van der Waals surface area contributed by atoms with Crippen LogP contribution in [0.2, 0.25) is 0 Å². The van der Waals surface area contributed by atoms with E-state index in [0.29, 0.717) is 17.1 Å². The number of carbonyl (C=O) groups excluding carboxylic acids is 1. The highest BCUT2D eigenvalue weighted by Crippen LogP contribution is 2.21. The summed E-state index contributed by atoms with van der Waals surface area (Å²) in [6.07, 6.45) is 0. The van der Waals surface area contributed by atoms with Crippen molar-refractivity contribution in [1.29, 1.82) is 0 Å². The fourth-order valence-corrected chi connectivity index (χ4v) is 2.17. The molecule has 5 heteroatoms. The minimum atomic E-state index is -0.264. The Morgan fingerprint density at radius 2 is 1.85 bits per heavy atom. The van der Waals surface area contributed by atoms with E-state index in [1.807, 2.05) is 43.4 Å². The normalized spacial score (nSPS) is 10.7. The number of carbonyl (C=O) groups is 1. The summed E-state index contributed by atoms with van der Waals surface area (Å²) in [5, 5.41) is 7.89. The van der Waals surface area contributed by atoms with E-state index in [1.165, 1.54) is 0 Å². The number of fused-ring (bicyclic) bond motifs is 1. The topological polar surface area (TPSA) is 72.9 Å². The van der Waals surface area contributed by atoms with Gasteiger partial charge < -0.3 is 11.1 Å². The van der Waals surface area contributed by atoms with Crippen LogP contribution in [-0.2, 0) is 7.05 Å². The second-order valence-corrected chi connectivity index (χ2v) is 4.53. The van der Waals surface area contributed by atoms with E-state index in [4.69, 9.17) is 5.73 Å². The first-order valence-electron chi connectivity index (χ1n) is 6.24. The maximum atomic E-state index is 12.4. The second kappa shape index (κ2) is 4.70. The van der Waals surface area contributed by atoms with Crippen LogP contribution in [0.15, 0.2) is 48.5 Å². The monoisotopic (exact) mass is 266 g/mol. The van der Waals surface area contributed by atoms with Gasteiger partial charge in [-0.1, -0.05) is 30.3 Å². The molecule has 3 N–H and O–H groups in total. The van der Waals surface area contributed by atoms with Gasteiger partial charge in [-0.15, -0.1) is 0 Å². The highest BCUT2D eigenvalue weighted by Gasteiger charge is 2.16. The molecule has 3 aromatic rings. The molecule has 3 rings (SSSR count). The number of rotatable bonds is 2. The van der Waals surface area contributed by atoms with Gasteiger partial charge in [0.1, 0.15) is 0 Å². The van der Waals surface area contributed by atoms with Crippen molar-refractivity contribution < 1.29 is 4.79 Å². The molecule has 5 nitrogen and oxygen atoms in total. The number of nitrogens with zero attached hydrogens (tertiary/aromatic N) is 2. The Bertz CT molecular complexity index is 791. The fraction of sp³-hybridized carbons (Fsp3) is 0.0667. The zero-order chi connectivity index (χ0) is 14.1. The number of nitrogens with two attached hydrogens (primary N) is 1. The molecule has 0 bridgehead atoms. The predicted molar refractivity (Wildman–Crippen MR) is 79.5 cm³/mol. The molecular formula is C15H14N4O. The zero-order valence-electron chi connectivity index (χ0n) is 11.0. The van der Waals surface area contributed by atoms with Gasteiger partial charge in [0.25, 0.3) is 5.91 Å². The first-order valence-corrected chi connectivity index (χ1v) is 6.24. The van der Waals surface area contributed by atoms with Gasteiger partial charge in [-0.2, -0.15) is 5.10 Å². The molecule has 0 fully saturated rings. The number of anilines is 2. The number of nitrogens with one attached hydrogen (secondary N) is 1. The number of nitrogen functional groups attached to an aromatic ring is 1. The van der Waals surface area contributed by atoms with Crippen LogP contribution in [0.5, 0.6) is 0 Å². The van der Waals surface area contributed by atoms with E-state index in [1.54, 1.807) is 16.8 Å². The highest BCUT2D eigenvalue weighted by molar-refractivity contribution is 6.12. The van der Waals surface area contributed by atoms with Gasteiger partial charge in [0, 0.05) is 12.4 Å². The minimum absolute atomic E-state index is 0.264. The van der Waals surface area contributed by atoms with Crippen LogP contribution in [0.1, 0.15) is 10.5 Å². The van der Waals surface area contributed by atoms with Crippen LogP contribution in [0, 0.1) is 0 Å². The number of amides is 1. The second-order valence-electron chi connectivity index (χ2n) is 4.53. The Morgan fingerprint density at radius 1 is 1.15 bits per heavy atom. The number of para-hydroxylation sites is 3. The van der Waals surface area contributed by atoms with Crippen molar-refractivity contribution >= 4 is 28.2 Å². The summed E-state index contributed by atoms with van der Waals surface area (Å²) in [4.78, 5) is 12.4. The first-order chi connectivity index (χ1) is 9.66. The van der Waals surface area contributed by atoms with Crippen molar-refractivity contribution in [2.45, 2.75) is 0 Å². The van der Waals surface area contributed by atoms with Gasteiger partial charge in [-0.3, -0.25) is 9.48 Å². The molecular weight excluding hydrogens is 252 g/mol. The summed E-state index contributed by atoms with van der Waals surface area (Å²) in [6, 6.07) is 14.8. The largest absolute Gasteiger partial charge is 0.397 e. The van der Waals surface area contributed by atoms with Crippen molar-refractivity contribution in [1.82, 2.24) is 9.78 Å². The lowest BCUT2D eigenvalue weighted by atomic mass is 10.2. The smallest absolute Gasteiger partial charge is 0.276 e.